The van der Waals surface area contributed by atoms with Gasteiger partial charge in [-0.1, -0.05) is 25.1 Å². The summed E-state index contributed by atoms with van der Waals surface area (Å²) in [6.07, 6.45) is 6.56. The van der Waals surface area contributed by atoms with E-state index in [2.05, 4.69) is 29.3 Å². The molecule has 3 aromatic carbocycles. The topological polar surface area (TPSA) is 54.3 Å². The Kier molecular flexibility index (Phi) is 8.44. The van der Waals surface area contributed by atoms with Gasteiger partial charge in [-0.3, -0.25) is 9.59 Å². The van der Waals surface area contributed by atoms with Crippen LogP contribution in [0.5, 0.6) is 0 Å². The number of Topliss-reactive ketones (excluding diaryl/α,β-unsaturated/α-hetero) is 2. The Morgan fingerprint density at radius 3 is 2.15 bits per heavy atom. The molecule has 0 amide bonds. The molecule has 0 spiro atoms. The maximum Gasteiger partial charge on any atom is 0.168 e. The first-order valence-corrected chi connectivity index (χ1v) is 14.1. The number of hydrogen-bond donors (Lipinski definition) is 1. The van der Waals surface area contributed by atoms with Crippen molar-refractivity contribution in [3.63, 3.8) is 0 Å². The van der Waals surface area contributed by atoms with E-state index in [1.165, 1.54) is 24.6 Å². The highest BCUT2D eigenvalue weighted by molar-refractivity contribution is 5.98. The number of ketones is 2. The van der Waals surface area contributed by atoms with Crippen molar-refractivity contribution >= 4 is 28.6 Å². The van der Waals surface area contributed by atoms with E-state index in [0.29, 0.717) is 28.8 Å². The third-order valence-corrected chi connectivity index (χ3v) is 7.77. The van der Waals surface area contributed by atoms with Gasteiger partial charge in [-0.05, 0) is 91.4 Å². The van der Waals surface area contributed by atoms with E-state index in [1.54, 1.807) is 18.2 Å². The van der Waals surface area contributed by atoms with Crippen molar-refractivity contribution in [2.75, 3.05) is 23.3 Å². The number of aromatic nitrogens is 1. The number of carbonyl (C=O) groups excluding carboxylic acids is 2. The molecule has 6 heteroatoms. The molecule has 1 fully saturated rings. The van der Waals surface area contributed by atoms with Crippen LogP contribution in [-0.2, 0) is 19.4 Å². The van der Waals surface area contributed by atoms with Crippen molar-refractivity contribution in [1.82, 2.24) is 4.57 Å². The van der Waals surface area contributed by atoms with Gasteiger partial charge >= 0.3 is 0 Å². The van der Waals surface area contributed by atoms with E-state index in [-0.39, 0.29) is 18.0 Å². The smallest absolute Gasteiger partial charge is 0.168 e. The van der Waals surface area contributed by atoms with Crippen LogP contribution in [0.2, 0.25) is 0 Å². The first kappa shape index (κ1) is 27.4. The van der Waals surface area contributed by atoms with E-state index in [4.69, 9.17) is 0 Å². The van der Waals surface area contributed by atoms with Crippen LogP contribution in [0.25, 0.3) is 0 Å². The molecule has 1 saturated heterocycles. The Balaban J connectivity index is 1.15. The fourth-order valence-electron chi connectivity index (χ4n) is 5.13. The molecule has 0 aliphatic carbocycles. The minimum atomic E-state index is -0.418. The molecule has 0 radical (unpaired) electrons. The Morgan fingerprint density at radius 2 is 1.50 bits per heavy atom. The summed E-state index contributed by atoms with van der Waals surface area (Å²) < 4.78 is 16.8. The lowest BCUT2D eigenvalue weighted by Crippen LogP contribution is -2.32. The van der Waals surface area contributed by atoms with Crippen LogP contribution < -0.4 is 10.2 Å². The lowest BCUT2D eigenvalue weighted by Gasteiger charge is -2.32. The molecule has 2 heterocycles. The predicted octanol–water partition coefficient (Wildman–Crippen LogP) is 7.48. The molecule has 5 rings (SSSR count). The van der Waals surface area contributed by atoms with Crippen LogP contribution >= 0.6 is 0 Å². The molecule has 1 aliphatic rings. The van der Waals surface area contributed by atoms with Crippen LogP contribution in [0.1, 0.15) is 58.5 Å². The number of hydrogen-bond acceptors (Lipinski definition) is 4. The van der Waals surface area contributed by atoms with Gasteiger partial charge in [-0.2, -0.15) is 0 Å². The molecule has 40 heavy (non-hydrogen) atoms. The molecule has 1 aromatic heterocycles. The van der Waals surface area contributed by atoms with Gasteiger partial charge in [0, 0.05) is 67.4 Å². The summed E-state index contributed by atoms with van der Waals surface area (Å²) in [7, 11) is 0. The zero-order valence-corrected chi connectivity index (χ0v) is 23.2. The highest BCUT2D eigenvalue weighted by atomic mass is 19.1. The van der Waals surface area contributed by atoms with Crippen molar-refractivity contribution in [3.8, 4) is 0 Å². The number of halogens is 1. The summed E-state index contributed by atoms with van der Waals surface area (Å²) in [5.41, 5.74) is 5.10. The summed E-state index contributed by atoms with van der Waals surface area (Å²) in [6, 6.07) is 22.0. The quantitative estimate of drug-likeness (QED) is 0.213. The number of carbonyl (C=O) groups is 2. The maximum atomic E-state index is 14.8. The van der Waals surface area contributed by atoms with E-state index >= 15 is 0 Å². The Bertz CT molecular complexity index is 1470. The summed E-state index contributed by atoms with van der Waals surface area (Å²) in [4.78, 5) is 27.8. The molecule has 1 aliphatic heterocycles. The highest BCUT2D eigenvalue weighted by Gasteiger charge is 2.17. The number of nitrogens with zero attached hydrogens (tertiary/aromatic N) is 2. The molecule has 5 nitrogen and oxygen atoms in total. The molecule has 0 bridgehead atoms. The largest absolute Gasteiger partial charge is 0.372 e. The minimum Gasteiger partial charge on any atom is -0.372 e. The third kappa shape index (κ3) is 6.68. The van der Waals surface area contributed by atoms with Crippen LogP contribution in [0.4, 0.5) is 21.5 Å². The lowest BCUT2D eigenvalue weighted by molar-refractivity contribution is 0.0984. The second-order valence-electron chi connectivity index (χ2n) is 10.8. The van der Waals surface area contributed by atoms with Crippen LogP contribution in [-0.4, -0.2) is 29.2 Å². The summed E-state index contributed by atoms with van der Waals surface area (Å²) in [6.45, 7) is 7.24. The monoisotopic (exact) mass is 537 g/mol. The van der Waals surface area contributed by atoms with Gasteiger partial charge in [0.2, 0.25) is 0 Å². The van der Waals surface area contributed by atoms with Crippen LogP contribution in [0, 0.1) is 11.7 Å². The number of nitrogens with one attached hydrogen (secondary N) is 1. The van der Waals surface area contributed by atoms with Gasteiger partial charge < -0.3 is 14.8 Å². The Morgan fingerprint density at radius 1 is 0.850 bits per heavy atom. The third-order valence-electron chi connectivity index (χ3n) is 7.77. The summed E-state index contributed by atoms with van der Waals surface area (Å²) >= 11 is 0. The SMILES string of the molecule is CCn1ccc(C(=O)Cc2ccc(Nc3ccc(CC(=O)c4ccc(N5CCC(C)CC5)cc4)cc3)c(F)c2)c1. The van der Waals surface area contributed by atoms with Crippen molar-refractivity contribution in [2.24, 2.45) is 5.92 Å². The van der Waals surface area contributed by atoms with Gasteiger partial charge in [0.1, 0.15) is 5.82 Å². The van der Waals surface area contributed by atoms with Crippen molar-refractivity contribution in [1.29, 1.82) is 0 Å². The maximum absolute atomic E-state index is 14.8. The van der Waals surface area contributed by atoms with Gasteiger partial charge in [-0.25, -0.2) is 4.39 Å². The van der Waals surface area contributed by atoms with Crippen LogP contribution in [0.3, 0.4) is 0 Å². The van der Waals surface area contributed by atoms with E-state index in [0.717, 1.165) is 36.8 Å². The molecule has 0 atom stereocenters. The highest BCUT2D eigenvalue weighted by Crippen LogP contribution is 2.25. The fraction of sp³-hybridized carbons (Fsp3) is 0.294. The zero-order chi connectivity index (χ0) is 28.1. The molecule has 206 valence electrons. The second kappa shape index (κ2) is 12.3. The molecule has 1 N–H and O–H groups in total. The normalized spacial score (nSPS) is 13.8. The zero-order valence-electron chi connectivity index (χ0n) is 23.2. The lowest BCUT2D eigenvalue weighted by atomic mass is 9.98. The molecular weight excluding hydrogens is 501 g/mol. The Hall–Kier alpha value is -4.19. The molecular formula is C34H36FN3O2. The second-order valence-corrected chi connectivity index (χ2v) is 10.8. The number of piperidine rings is 1. The van der Waals surface area contributed by atoms with Gasteiger partial charge in [-0.15, -0.1) is 0 Å². The Labute approximate surface area is 235 Å². The molecule has 0 unspecified atom stereocenters. The first-order chi connectivity index (χ1) is 19.4. The van der Waals surface area contributed by atoms with E-state index < -0.39 is 5.82 Å². The fourth-order valence-corrected chi connectivity index (χ4v) is 5.13. The van der Waals surface area contributed by atoms with Crippen molar-refractivity contribution < 1.29 is 14.0 Å². The standard InChI is InChI=1S/C34H36FN3O2/c1-3-37-17-16-28(23-37)34(40)22-26-6-13-32(31(35)20-26)36-29-9-4-25(5-10-29)21-33(39)27-7-11-30(12-8-27)38-18-14-24(2)15-19-38/h4-13,16-17,20,23-24,36H,3,14-15,18-19,21-22H2,1-2H3. The average Bonchev–Trinajstić information content (AvgIpc) is 3.46. The minimum absolute atomic E-state index is 0.0370. The van der Waals surface area contributed by atoms with E-state index in [1.807, 2.05) is 60.3 Å². The predicted molar refractivity (Wildman–Crippen MR) is 159 cm³/mol. The van der Waals surface area contributed by atoms with Gasteiger partial charge in [0.25, 0.3) is 0 Å². The van der Waals surface area contributed by atoms with Crippen LogP contribution in [0.15, 0.2) is 85.2 Å². The van der Waals surface area contributed by atoms with Gasteiger partial charge in [0.15, 0.2) is 11.6 Å². The van der Waals surface area contributed by atoms with Crippen molar-refractivity contribution in [2.45, 2.75) is 46.1 Å². The average molecular weight is 538 g/mol. The molecule has 0 saturated carbocycles. The van der Waals surface area contributed by atoms with Gasteiger partial charge in [0.05, 0.1) is 5.69 Å². The summed E-state index contributed by atoms with van der Waals surface area (Å²) in [5.74, 6) is 0.399. The van der Waals surface area contributed by atoms with Crippen molar-refractivity contribution in [3.05, 3.63) is 113 Å². The van der Waals surface area contributed by atoms with E-state index in [9.17, 15) is 14.0 Å². The number of benzene rings is 3. The number of anilines is 3. The number of aryl methyl sites for hydroxylation is 1. The summed E-state index contributed by atoms with van der Waals surface area (Å²) in [5, 5.41) is 3.09. The molecule has 4 aromatic rings. The first-order valence-electron chi connectivity index (χ1n) is 14.1. The number of rotatable bonds is 10.